The van der Waals surface area contributed by atoms with Crippen LogP contribution in [-0.4, -0.2) is 22.6 Å². The van der Waals surface area contributed by atoms with Gasteiger partial charge in [-0.3, -0.25) is 4.79 Å². The zero-order chi connectivity index (χ0) is 15.5. The van der Waals surface area contributed by atoms with Gasteiger partial charge in [0.05, 0.1) is 22.8 Å². The Morgan fingerprint density at radius 2 is 2.23 bits per heavy atom. The van der Waals surface area contributed by atoms with E-state index in [0.29, 0.717) is 18.3 Å². The molecule has 2 aromatic heterocycles. The molecule has 0 radical (unpaired) electrons. The Kier molecular flexibility index (Phi) is 3.88. The lowest BCUT2D eigenvalue weighted by atomic mass is 10.1. The number of thiophene rings is 1. The van der Waals surface area contributed by atoms with E-state index in [1.165, 1.54) is 22.6 Å². The van der Waals surface area contributed by atoms with Crippen molar-refractivity contribution in [2.45, 2.75) is 12.5 Å². The molecule has 22 heavy (non-hydrogen) atoms. The minimum Gasteiger partial charge on any atom is -0.545 e. The van der Waals surface area contributed by atoms with Crippen LogP contribution in [0.5, 0.6) is 0 Å². The summed E-state index contributed by atoms with van der Waals surface area (Å²) in [5, 5.41) is 18.0. The van der Waals surface area contributed by atoms with Crippen LogP contribution in [0.3, 0.4) is 0 Å². The molecule has 0 saturated carbocycles. The first kappa shape index (κ1) is 14.3. The van der Waals surface area contributed by atoms with E-state index in [9.17, 15) is 14.7 Å². The van der Waals surface area contributed by atoms with Crippen molar-refractivity contribution in [2.24, 2.45) is 5.10 Å². The summed E-state index contributed by atoms with van der Waals surface area (Å²) in [4.78, 5) is 23.6. The van der Waals surface area contributed by atoms with Gasteiger partial charge in [0.1, 0.15) is 11.8 Å². The second kappa shape index (κ2) is 5.98. The van der Waals surface area contributed by atoms with Crippen LogP contribution in [0.25, 0.3) is 0 Å². The van der Waals surface area contributed by atoms with Gasteiger partial charge in [-0.05, 0) is 29.7 Å². The number of carboxylic acid groups (broad SMARTS) is 1. The Hall–Kier alpha value is -2.67. The molecule has 1 amide bonds. The summed E-state index contributed by atoms with van der Waals surface area (Å²) in [7, 11) is 0. The summed E-state index contributed by atoms with van der Waals surface area (Å²) in [6.45, 7) is 0. The zero-order valence-corrected chi connectivity index (χ0v) is 12.2. The highest BCUT2D eigenvalue weighted by atomic mass is 32.1. The number of carboxylic acids is 1. The molecule has 0 bridgehead atoms. The average Bonchev–Trinajstić information content (AvgIpc) is 3.23. The van der Waals surface area contributed by atoms with Crippen LogP contribution < -0.4 is 5.11 Å². The van der Waals surface area contributed by atoms with Gasteiger partial charge < -0.3 is 14.3 Å². The second-order valence-electron chi connectivity index (χ2n) is 4.59. The van der Waals surface area contributed by atoms with Crippen LogP contribution in [-0.2, 0) is 9.59 Å². The molecule has 0 saturated heterocycles. The van der Waals surface area contributed by atoms with E-state index in [4.69, 9.17) is 4.42 Å². The predicted molar refractivity (Wildman–Crippen MR) is 77.9 cm³/mol. The predicted octanol–water partition coefficient (Wildman–Crippen LogP) is 1.32. The van der Waals surface area contributed by atoms with Crippen molar-refractivity contribution in [1.82, 2.24) is 5.01 Å². The van der Waals surface area contributed by atoms with Gasteiger partial charge in [-0.15, -0.1) is 11.3 Å². The Bertz CT molecular complexity index is 732. The number of hydrogen-bond acceptors (Lipinski definition) is 6. The molecule has 0 N–H and O–H groups in total. The molecular formula is C15H11N2O4S-. The van der Waals surface area contributed by atoms with Crippen molar-refractivity contribution in [3.8, 4) is 0 Å². The molecule has 0 spiro atoms. The molecule has 7 heteroatoms. The molecule has 3 rings (SSSR count). The van der Waals surface area contributed by atoms with Gasteiger partial charge >= 0.3 is 0 Å². The SMILES string of the molecule is O=C([O-])/C=C/C(=O)N1N=C(c2cccs2)C[C@H]1c1ccco1. The van der Waals surface area contributed by atoms with Crippen molar-refractivity contribution in [3.63, 3.8) is 0 Å². The van der Waals surface area contributed by atoms with Gasteiger partial charge in [-0.25, -0.2) is 5.01 Å². The second-order valence-corrected chi connectivity index (χ2v) is 5.54. The maximum absolute atomic E-state index is 12.2. The van der Waals surface area contributed by atoms with Crippen molar-refractivity contribution >= 4 is 28.9 Å². The average molecular weight is 315 g/mol. The standard InChI is InChI=1S/C15H12N2O4S/c18-14(5-6-15(19)20)17-11(12-3-1-7-21-12)9-10(16-17)13-4-2-8-22-13/h1-8,11H,9H2,(H,19,20)/p-1/b6-5+/t11-/m0/s1. The molecule has 6 nitrogen and oxygen atoms in total. The number of carbonyl (C=O) groups excluding carboxylic acids is 2. The molecule has 2 aromatic rings. The van der Waals surface area contributed by atoms with Crippen LogP contribution in [0, 0.1) is 0 Å². The number of hydrazone groups is 1. The number of furan rings is 1. The van der Waals surface area contributed by atoms with Crippen LogP contribution in [0.2, 0.25) is 0 Å². The molecule has 3 heterocycles. The number of rotatable bonds is 4. The Morgan fingerprint density at radius 1 is 1.36 bits per heavy atom. The number of hydrogen-bond donors (Lipinski definition) is 0. The summed E-state index contributed by atoms with van der Waals surface area (Å²) in [5.74, 6) is -1.35. The Balaban J connectivity index is 1.90. The molecule has 0 unspecified atom stereocenters. The largest absolute Gasteiger partial charge is 0.545 e. The first-order chi connectivity index (χ1) is 10.6. The fourth-order valence-corrected chi connectivity index (χ4v) is 2.94. The van der Waals surface area contributed by atoms with E-state index in [1.807, 2.05) is 17.5 Å². The quantitative estimate of drug-likeness (QED) is 0.796. The van der Waals surface area contributed by atoms with E-state index >= 15 is 0 Å². The molecule has 1 aliphatic rings. The summed E-state index contributed by atoms with van der Waals surface area (Å²) < 4.78 is 5.37. The highest BCUT2D eigenvalue weighted by molar-refractivity contribution is 7.12. The third kappa shape index (κ3) is 2.84. The summed E-state index contributed by atoms with van der Waals surface area (Å²) >= 11 is 1.53. The van der Waals surface area contributed by atoms with E-state index in [2.05, 4.69) is 5.10 Å². The lowest BCUT2D eigenvalue weighted by molar-refractivity contribution is -0.297. The molecule has 1 atom stereocenters. The van der Waals surface area contributed by atoms with Crippen molar-refractivity contribution in [1.29, 1.82) is 0 Å². The molecule has 1 aliphatic heterocycles. The first-order valence-electron chi connectivity index (χ1n) is 6.52. The van der Waals surface area contributed by atoms with Gasteiger partial charge in [-0.2, -0.15) is 5.10 Å². The van der Waals surface area contributed by atoms with E-state index in [-0.39, 0.29) is 6.04 Å². The molecule has 0 aromatic carbocycles. The van der Waals surface area contributed by atoms with E-state index < -0.39 is 11.9 Å². The lowest BCUT2D eigenvalue weighted by Crippen LogP contribution is -2.26. The maximum Gasteiger partial charge on any atom is 0.267 e. The van der Waals surface area contributed by atoms with Crippen LogP contribution >= 0.6 is 11.3 Å². The fourth-order valence-electron chi connectivity index (χ4n) is 2.22. The monoisotopic (exact) mass is 315 g/mol. The van der Waals surface area contributed by atoms with Crippen LogP contribution in [0.15, 0.2) is 57.6 Å². The Morgan fingerprint density at radius 3 is 2.86 bits per heavy atom. The minimum absolute atomic E-state index is 0.383. The van der Waals surface area contributed by atoms with Gasteiger partial charge in [0, 0.05) is 12.5 Å². The number of amides is 1. The summed E-state index contributed by atoms with van der Waals surface area (Å²) in [6, 6.07) is 6.95. The van der Waals surface area contributed by atoms with E-state index in [0.717, 1.165) is 16.7 Å². The van der Waals surface area contributed by atoms with Crippen molar-refractivity contribution < 1.29 is 19.1 Å². The fraction of sp³-hybridized carbons (Fsp3) is 0.133. The number of nitrogens with zero attached hydrogens (tertiary/aromatic N) is 2. The molecule has 0 fully saturated rings. The molecular weight excluding hydrogens is 304 g/mol. The highest BCUT2D eigenvalue weighted by Crippen LogP contribution is 2.34. The first-order valence-corrected chi connectivity index (χ1v) is 7.40. The minimum atomic E-state index is -1.43. The van der Waals surface area contributed by atoms with Gasteiger partial charge in [-0.1, -0.05) is 6.07 Å². The third-order valence-corrected chi connectivity index (χ3v) is 4.09. The van der Waals surface area contributed by atoms with Crippen molar-refractivity contribution in [3.05, 3.63) is 58.7 Å². The highest BCUT2D eigenvalue weighted by Gasteiger charge is 2.34. The van der Waals surface area contributed by atoms with Gasteiger partial charge in [0.15, 0.2) is 0 Å². The normalized spacial score (nSPS) is 17.9. The summed E-state index contributed by atoms with van der Waals surface area (Å²) in [6.07, 6.45) is 3.67. The van der Waals surface area contributed by atoms with Gasteiger partial charge in [0.2, 0.25) is 0 Å². The maximum atomic E-state index is 12.2. The lowest BCUT2D eigenvalue weighted by Gasteiger charge is -2.18. The Labute approximate surface area is 130 Å². The van der Waals surface area contributed by atoms with E-state index in [1.54, 1.807) is 12.1 Å². The van der Waals surface area contributed by atoms with Gasteiger partial charge in [0.25, 0.3) is 5.91 Å². The van der Waals surface area contributed by atoms with Crippen molar-refractivity contribution in [2.75, 3.05) is 0 Å². The summed E-state index contributed by atoms with van der Waals surface area (Å²) in [5.41, 5.74) is 0.770. The molecule has 112 valence electrons. The smallest absolute Gasteiger partial charge is 0.267 e. The van der Waals surface area contributed by atoms with Crippen LogP contribution in [0.1, 0.15) is 23.1 Å². The van der Waals surface area contributed by atoms with Crippen LogP contribution in [0.4, 0.5) is 0 Å². The number of carbonyl (C=O) groups is 2. The topological polar surface area (TPSA) is 85.9 Å². The third-order valence-electron chi connectivity index (χ3n) is 3.18. The number of aliphatic carboxylic acids is 1. The zero-order valence-electron chi connectivity index (χ0n) is 11.3. The molecule has 0 aliphatic carbocycles.